The van der Waals surface area contributed by atoms with E-state index in [2.05, 4.69) is 15.6 Å². The van der Waals surface area contributed by atoms with Crippen LogP contribution in [0.2, 0.25) is 5.02 Å². The first-order valence-electron chi connectivity index (χ1n) is 10.3. The summed E-state index contributed by atoms with van der Waals surface area (Å²) >= 11 is 6.14. The molecule has 162 valence electrons. The predicted octanol–water partition coefficient (Wildman–Crippen LogP) is 4.43. The molecule has 1 fully saturated rings. The fourth-order valence-electron chi connectivity index (χ4n) is 4.31. The van der Waals surface area contributed by atoms with E-state index in [1.807, 2.05) is 31.2 Å². The third kappa shape index (κ3) is 3.65. The summed E-state index contributed by atoms with van der Waals surface area (Å²) in [5, 5.41) is 6.52. The molecule has 3 heterocycles. The Morgan fingerprint density at radius 3 is 2.97 bits per heavy atom. The standard InChI is InChI=1S/C24H21ClN4O3/c1-24-12-20(19-11-17(25)7-8-21(19)32-24)28-23(31)29(24)18-6-2-5-16(10-18)22(30)27-14-15-4-3-9-26-13-15/h2-11,13,20H,12,14H2,1H3,(H,27,30)(H,28,31). The number of amides is 3. The van der Waals surface area contributed by atoms with Gasteiger partial charge in [-0.2, -0.15) is 0 Å². The molecule has 3 aromatic rings. The first-order chi connectivity index (χ1) is 15.4. The summed E-state index contributed by atoms with van der Waals surface area (Å²) in [6, 6.07) is 15.6. The van der Waals surface area contributed by atoms with E-state index in [-0.39, 0.29) is 18.0 Å². The summed E-state index contributed by atoms with van der Waals surface area (Å²) in [6.07, 6.45) is 3.94. The third-order valence-corrected chi connectivity index (χ3v) is 6.01. The highest BCUT2D eigenvalue weighted by molar-refractivity contribution is 6.30. The van der Waals surface area contributed by atoms with Crippen molar-refractivity contribution in [3.05, 3.63) is 88.7 Å². The lowest BCUT2D eigenvalue weighted by atomic mass is 9.90. The van der Waals surface area contributed by atoms with Crippen LogP contribution in [0.3, 0.4) is 0 Å². The second-order valence-corrected chi connectivity index (χ2v) is 8.53. The maximum atomic E-state index is 13.1. The third-order valence-electron chi connectivity index (χ3n) is 5.78. The zero-order valence-electron chi connectivity index (χ0n) is 17.3. The van der Waals surface area contributed by atoms with Crippen molar-refractivity contribution in [3.63, 3.8) is 0 Å². The number of benzene rings is 2. The van der Waals surface area contributed by atoms with Gasteiger partial charge < -0.3 is 15.4 Å². The average molecular weight is 449 g/mol. The monoisotopic (exact) mass is 448 g/mol. The van der Waals surface area contributed by atoms with Gasteiger partial charge in [-0.15, -0.1) is 0 Å². The van der Waals surface area contributed by atoms with Crippen LogP contribution in [0.15, 0.2) is 67.0 Å². The van der Waals surface area contributed by atoms with Gasteiger partial charge >= 0.3 is 6.03 Å². The van der Waals surface area contributed by atoms with E-state index in [1.165, 1.54) is 0 Å². The van der Waals surface area contributed by atoms with Crippen LogP contribution in [0.5, 0.6) is 5.75 Å². The number of urea groups is 1. The zero-order chi connectivity index (χ0) is 22.3. The second kappa shape index (κ2) is 7.84. The number of carbonyl (C=O) groups is 2. The van der Waals surface area contributed by atoms with Crippen LogP contribution in [0.25, 0.3) is 0 Å². The number of fused-ring (bicyclic) bond motifs is 4. The molecule has 0 saturated carbocycles. The van der Waals surface area contributed by atoms with Gasteiger partial charge in [-0.3, -0.25) is 14.7 Å². The van der Waals surface area contributed by atoms with Crippen LogP contribution in [-0.4, -0.2) is 22.6 Å². The molecule has 0 radical (unpaired) electrons. The topological polar surface area (TPSA) is 83.6 Å². The van der Waals surface area contributed by atoms with E-state index in [0.29, 0.717) is 35.0 Å². The van der Waals surface area contributed by atoms with E-state index in [1.54, 1.807) is 47.6 Å². The normalized spacial score (nSPS) is 21.2. The Morgan fingerprint density at radius 2 is 2.16 bits per heavy atom. The summed E-state index contributed by atoms with van der Waals surface area (Å²) in [5.74, 6) is 0.448. The maximum absolute atomic E-state index is 13.1. The van der Waals surface area contributed by atoms with Gasteiger partial charge in [0.25, 0.3) is 5.91 Å². The highest BCUT2D eigenvalue weighted by Crippen LogP contribution is 2.46. The molecule has 0 aliphatic carbocycles. The molecule has 7 nitrogen and oxygen atoms in total. The number of pyridine rings is 1. The summed E-state index contributed by atoms with van der Waals surface area (Å²) in [5.41, 5.74) is 1.90. The minimum Gasteiger partial charge on any atom is -0.467 e. The van der Waals surface area contributed by atoms with Crippen LogP contribution < -0.4 is 20.3 Å². The molecule has 8 heteroatoms. The predicted molar refractivity (Wildman–Crippen MR) is 121 cm³/mol. The summed E-state index contributed by atoms with van der Waals surface area (Å²) < 4.78 is 6.29. The highest BCUT2D eigenvalue weighted by Gasteiger charge is 2.49. The van der Waals surface area contributed by atoms with E-state index in [9.17, 15) is 9.59 Å². The number of aromatic nitrogens is 1. The number of hydrogen-bond donors (Lipinski definition) is 2. The molecule has 2 aromatic carbocycles. The minimum absolute atomic E-state index is 0.197. The van der Waals surface area contributed by atoms with Gasteiger partial charge in [-0.1, -0.05) is 23.7 Å². The average Bonchev–Trinajstić information content (AvgIpc) is 2.78. The molecule has 2 unspecified atom stereocenters. The molecule has 1 saturated heterocycles. The van der Waals surface area contributed by atoms with Crippen molar-refractivity contribution >= 4 is 29.2 Å². The van der Waals surface area contributed by atoms with Crippen molar-refractivity contribution in [3.8, 4) is 5.75 Å². The van der Waals surface area contributed by atoms with Crippen LogP contribution in [0.1, 0.15) is 40.9 Å². The van der Waals surface area contributed by atoms with E-state index >= 15 is 0 Å². The van der Waals surface area contributed by atoms with Crippen LogP contribution in [0.4, 0.5) is 10.5 Å². The Morgan fingerprint density at radius 1 is 1.28 bits per heavy atom. The number of anilines is 1. The van der Waals surface area contributed by atoms with Crippen molar-refractivity contribution in [1.29, 1.82) is 0 Å². The lowest BCUT2D eigenvalue weighted by Gasteiger charge is -2.50. The molecule has 2 N–H and O–H groups in total. The fourth-order valence-corrected chi connectivity index (χ4v) is 4.49. The lowest BCUT2D eigenvalue weighted by molar-refractivity contribution is 0.0378. The van der Waals surface area contributed by atoms with E-state index < -0.39 is 5.72 Å². The summed E-state index contributed by atoms with van der Waals surface area (Å²) in [6.45, 7) is 2.24. The van der Waals surface area contributed by atoms with Gasteiger partial charge in [-0.05, 0) is 55.0 Å². The Bertz CT molecular complexity index is 1200. The SMILES string of the molecule is CC12CC(NC(=O)N1c1cccc(C(=O)NCc3cccnc3)c1)c1cc(Cl)ccc1O2. The second-order valence-electron chi connectivity index (χ2n) is 8.10. The van der Waals surface area contributed by atoms with Gasteiger partial charge in [0.15, 0.2) is 5.72 Å². The number of ether oxygens (including phenoxy) is 1. The molecule has 3 amide bonds. The Balaban J connectivity index is 1.41. The van der Waals surface area contributed by atoms with Crippen LogP contribution in [-0.2, 0) is 6.54 Å². The van der Waals surface area contributed by atoms with Crippen molar-refractivity contribution in [1.82, 2.24) is 15.6 Å². The molecule has 2 bridgehead atoms. The molecule has 2 aliphatic heterocycles. The van der Waals surface area contributed by atoms with E-state index in [4.69, 9.17) is 16.3 Å². The van der Waals surface area contributed by atoms with Gasteiger partial charge in [-0.25, -0.2) is 4.79 Å². The molecule has 32 heavy (non-hydrogen) atoms. The number of halogens is 1. The quantitative estimate of drug-likeness (QED) is 0.618. The molecule has 5 rings (SSSR count). The van der Waals surface area contributed by atoms with Gasteiger partial charge in [0.1, 0.15) is 5.75 Å². The Labute approximate surface area is 190 Å². The first kappa shape index (κ1) is 20.3. The number of carbonyl (C=O) groups excluding carboxylic acids is 2. The molecule has 0 spiro atoms. The van der Waals surface area contributed by atoms with Crippen molar-refractivity contribution in [2.45, 2.75) is 31.7 Å². The highest BCUT2D eigenvalue weighted by atomic mass is 35.5. The van der Waals surface area contributed by atoms with Gasteiger partial charge in [0.2, 0.25) is 0 Å². The first-order valence-corrected chi connectivity index (χ1v) is 10.7. The van der Waals surface area contributed by atoms with Crippen molar-refractivity contribution in [2.24, 2.45) is 0 Å². The van der Waals surface area contributed by atoms with Crippen molar-refractivity contribution < 1.29 is 14.3 Å². The van der Waals surface area contributed by atoms with Crippen LogP contribution in [0, 0.1) is 0 Å². The Hall–Kier alpha value is -3.58. The number of rotatable bonds is 4. The van der Waals surface area contributed by atoms with Crippen molar-refractivity contribution in [2.75, 3.05) is 4.90 Å². The largest absolute Gasteiger partial charge is 0.467 e. The summed E-state index contributed by atoms with van der Waals surface area (Å²) in [7, 11) is 0. The fraction of sp³-hybridized carbons (Fsp3) is 0.208. The molecular formula is C24H21ClN4O3. The minimum atomic E-state index is -0.904. The number of nitrogens with one attached hydrogen (secondary N) is 2. The molecular weight excluding hydrogens is 428 g/mol. The van der Waals surface area contributed by atoms with Gasteiger partial charge in [0.05, 0.1) is 11.7 Å². The van der Waals surface area contributed by atoms with Gasteiger partial charge in [0, 0.05) is 41.5 Å². The van der Waals surface area contributed by atoms with E-state index in [0.717, 1.165) is 11.1 Å². The molecule has 1 aromatic heterocycles. The Kier molecular flexibility index (Phi) is 4.98. The smallest absolute Gasteiger partial charge is 0.325 e. The maximum Gasteiger partial charge on any atom is 0.325 e. The number of hydrogen-bond acceptors (Lipinski definition) is 4. The molecule has 2 atom stereocenters. The number of nitrogens with zero attached hydrogens (tertiary/aromatic N) is 2. The van der Waals surface area contributed by atoms with Crippen LogP contribution >= 0.6 is 11.6 Å². The lowest BCUT2D eigenvalue weighted by Crippen LogP contribution is -2.65. The molecule has 2 aliphatic rings. The summed E-state index contributed by atoms with van der Waals surface area (Å²) in [4.78, 5) is 31.4. The zero-order valence-corrected chi connectivity index (χ0v) is 18.1.